The van der Waals surface area contributed by atoms with E-state index in [1.165, 1.54) is 0 Å². The summed E-state index contributed by atoms with van der Waals surface area (Å²) >= 11 is 1.56. The van der Waals surface area contributed by atoms with Gasteiger partial charge >= 0.3 is 0 Å². The molecule has 2 heterocycles. The van der Waals surface area contributed by atoms with E-state index in [9.17, 15) is 4.79 Å². The van der Waals surface area contributed by atoms with Crippen molar-refractivity contribution < 1.29 is 4.79 Å². The maximum atomic E-state index is 12.7. The van der Waals surface area contributed by atoms with E-state index in [2.05, 4.69) is 58.0 Å². The van der Waals surface area contributed by atoms with E-state index < -0.39 is 0 Å². The molecule has 4 aromatic rings. The van der Waals surface area contributed by atoms with E-state index in [4.69, 9.17) is 0 Å². The summed E-state index contributed by atoms with van der Waals surface area (Å²) in [7, 11) is 0. The second-order valence-electron chi connectivity index (χ2n) is 8.27. The molecule has 2 aromatic heterocycles. The van der Waals surface area contributed by atoms with E-state index in [1.54, 1.807) is 24.2 Å². The van der Waals surface area contributed by atoms with Gasteiger partial charge in [0.05, 0.1) is 0 Å². The number of pyridine rings is 1. The third-order valence-electron chi connectivity index (χ3n) is 5.10. The fourth-order valence-electron chi connectivity index (χ4n) is 3.45. The minimum absolute atomic E-state index is 0.0453. The predicted octanol–water partition coefficient (Wildman–Crippen LogP) is 5.32. The van der Waals surface area contributed by atoms with Crippen molar-refractivity contribution in [3.05, 3.63) is 89.7 Å². The summed E-state index contributed by atoms with van der Waals surface area (Å²) < 4.78 is 2.05. The van der Waals surface area contributed by atoms with Crippen LogP contribution in [0.3, 0.4) is 0 Å². The van der Waals surface area contributed by atoms with Gasteiger partial charge in [0.2, 0.25) is 0 Å². The molecule has 0 spiro atoms. The lowest BCUT2D eigenvalue weighted by atomic mass is 10.1. The minimum Gasteiger partial charge on any atom is -0.352 e. The van der Waals surface area contributed by atoms with Crippen molar-refractivity contribution in [1.82, 2.24) is 25.1 Å². The quantitative estimate of drug-likeness (QED) is 0.363. The fourth-order valence-corrected chi connectivity index (χ4v) is 4.40. The Morgan fingerprint density at radius 3 is 2.67 bits per heavy atom. The van der Waals surface area contributed by atoms with Gasteiger partial charge in [-0.25, -0.2) is 0 Å². The van der Waals surface area contributed by atoms with Crippen molar-refractivity contribution in [2.75, 3.05) is 6.54 Å². The Balaban J connectivity index is 1.65. The van der Waals surface area contributed by atoms with Gasteiger partial charge in [0.1, 0.15) is 0 Å². The zero-order valence-corrected chi connectivity index (χ0v) is 19.8. The number of carbonyl (C=O) groups is 1. The molecule has 0 unspecified atom stereocenters. The molecule has 2 aromatic carbocycles. The number of aryl methyl sites for hydroxylation is 1. The third kappa shape index (κ3) is 5.49. The first kappa shape index (κ1) is 22.7. The second kappa shape index (κ2) is 10.4. The molecule has 4 rings (SSSR count). The van der Waals surface area contributed by atoms with Gasteiger partial charge in [-0.3, -0.25) is 14.3 Å². The average Bonchev–Trinajstić information content (AvgIpc) is 3.26. The van der Waals surface area contributed by atoms with Gasteiger partial charge in [0.15, 0.2) is 11.0 Å². The van der Waals surface area contributed by atoms with E-state index in [-0.39, 0.29) is 5.91 Å². The van der Waals surface area contributed by atoms with Gasteiger partial charge in [-0.2, -0.15) is 0 Å². The maximum Gasteiger partial charge on any atom is 0.251 e. The van der Waals surface area contributed by atoms with Crippen LogP contribution in [0.5, 0.6) is 0 Å². The highest BCUT2D eigenvalue weighted by atomic mass is 32.2. The summed E-state index contributed by atoms with van der Waals surface area (Å²) in [4.78, 5) is 17.0. The van der Waals surface area contributed by atoms with Crippen LogP contribution in [-0.4, -0.2) is 32.2 Å². The third-order valence-corrected chi connectivity index (χ3v) is 6.08. The molecule has 33 heavy (non-hydrogen) atoms. The Kier molecular flexibility index (Phi) is 7.19. The minimum atomic E-state index is -0.0453. The first-order chi connectivity index (χ1) is 16.0. The number of nitrogens with zero attached hydrogens (tertiary/aromatic N) is 4. The molecule has 0 aliphatic carbocycles. The number of benzene rings is 2. The summed E-state index contributed by atoms with van der Waals surface area (Å²) in [6.07, 6.45) is 3.53. The Labute approximate surface area is 198 Å². The first-order valence-corrected chi connectivity index (χ1v) is 11.9. The van der Waals surface area contributed by atoms with Crippen LogP contribution in [0.2, 0.25) is 0 Å². The number of thioether (sulfide) groups is 1. The van der Waals surface area contributed by atoms with Gasteiger partial charge in [0, 0.05) is 41.5 Å². The Morgan fingerprint density at radius 1 is 1.06 bits per heavy atom. The van der Waals surface area contributed by atoms with Gasteiger partial charge in [-0.15, -0.1) is 10.2 Å². The van der Waals surface area contributed by atoms with Crippen molar-refractivity contribution in [1.29, 1.82) is 0 Å². The van der Waals surface area contributed by atoms with Crippen LogP contribution in [0, 0.1) is 12.8 Å². The van der Waals surface area contributed by atoms with Crippen LogP contribution in [0.15, 0.2) is 78.2 Å². The highest BCUT2D eigenvalue weighted by Crippen LogP contribution is 2.30. The monoisotopic (exact) mass is 457 g/mol. The lowest BCUT2D eigenvalue weighted by Crippen LogP contribution is -2.28. The molecule has 0 saturated heterocycles. The van der Waals surface area contributed by atoms with E-state index >= 15 is 0 Å². The van der Waals surface area contributed by atoms with Crippen LogP contribution in [0.1, 0.15) is 35.3 Å². The van der Waals surface area contributed by atoms with Crippen molar-refractivity contribution in [3.63, 3.8) is 0 Å². The summed E-state index contributed by atoms with van der Waals surface area (Å²) in [6, 6.07) is 19.8. The Morgan fingerprint density at radius 2 is 1.91 bits per heavy atom. The zero-order valence-electron chi connectivity index (χ0n) is 19.0. The van der Waals surface area contributed by atoms with Gasteiger partial charge < -0.3 is 5.32 Å². The number of rotatable bonds is 8. The predicted molar refractivity (Wildman–Crippen MR) is 133 cm³/mol. The molecule has 0 fully saturated rings. The largest absolute Gasteiger partial charge is 0.352 e. The molecule has 0 saturated carbocycles. The summed E-state index contributed by atoms with van der Waals surface area (Å²) in [5.74, 6) is 1.69. The number of nitrogens with one attached hydrogen (secondary N) is 1. The van der Waals surface area contributed by atoms with Crippen molar-refractivity contribution in [2.45, 2.75) is 31.7 Å². The maximum absolute atomic E-state index is 12.7. The molecular weight excluding hydrogens is 430 g/mol. The van der Waals surface area contributed by atoms with Gasteiger partial charge in [0.25, 0.3) is 5.91 Å². The SMILES string of the molecule is Cc1cccc(-n2c(SCc3ccccc3C(=O)NCC(C)C)nnc2-c2cccnc2)c1. The number of amides is 1. The molecule has 0 bridgehead atoms. The number of carbonyl (C=O) groups excluding carboxylic acids is 1. The van der Waals surface area contributed by atoms with Crippen LogP contribution >= 0.6 is 11.8 Å². The summed E-state index contributed by atoms with van der Waals surface area (Å²) in [5.41, 5.74) is 4.70. The smallest absolute Gasteiger partial charge is 0.251 e. The average molecular weight is 458 g/mol. The van der Waals surface area contributed by atoms with E-state index in [1.807, 2.05) is 48.5 Å². The lowest BCUT2D eigenvalue weighted by molar-refractivity contribution is 0.0948. The van der Waals surface area contributed by atoms with Crippen molar-refractivity contribution in [3.8, 4) is 17.1 Å². The molecular formula is C26H27N5OS. The molecule has 168 valence electrons. The Bertz CT molecular complexity index is 1240. The fraction of sp³-hybridized carbons (Fsp3) is 0.231. The highest BCUT2D eigenvalue weighted by molar-refractivity contribution is 7.98. The molecule has 1 amide bonds. The molecule has 6 nitrogen and oxygen atoms in total. The molecule has 0 radical (unpaired) electrons. The summed E-state index contributed by atoms with van der Waals surface area (Å²) in [6.45, 7) is 6.88. The summed E-state index contributed by atoms with van der Waals surface area (Å²) in [5, 5.41) is 12.8. The number of hydrogen-bond donors (Lipinski definition) is 1. The molecule has 0 aliphatic rings. The first-order valence-electron chi connectivity index (χ1n) is 10.9. The normalized spacial score (nSPS) is 11.0. The number of hydrogen-bond acceptors (Lipinski definition) is 5. The Hall–Kier alpha value is -3.45. The van der Waals surface area contributed by atoms with Crippen LogP contribution in [0.4, 0.5) is 0 Å². The van der Waals surface area contributed by atoms with Crippen LogP contribution < -0.4 is 5.32 Å². The highest BCUT2D eigenvalue weighted by Gasteiger charge is 2.18. The van der Waals surface area contributed by atoms with Crippen molar-refractivity contribution in [2.24, 2.45) is 5.92 Å². The van der Waals surface area contributed by atoms with Gasteiger partial charge in [-0.1, -0.05) is 55.9 Å². The standard InChI is InChI=1S/C26H27N5OS/c1-18(2)15-28-25(32)23-12-5-4-9-21(23)17-33-26-30-29-24(20-10-7-13-27-16-20)31(26)22-11-6-8-19(3)14-22/h4-14,16,18H,15,17H2,1-3H3,(H,28,32). The van der Waals surface area contributed by atoms with Gasteiger partial charge in [-0.05, 0) is 54.3 Å². The molecule has 1 N–H and O–H groups in total. The molecule has 0 atom stereocenters. The van der Waals surface area contributed by atoms with Crippen molar-refractivity contribution >= 4 is 17.7 Å². The zero-order chi connectivity index (χ0) is 23.2. The van der Waals surface area contributed by atoms with E-state index in [0.717, 1.165) is 33.4 Å². The molecule has 7 heteroatoms. The topological polar surface area (TPSA) is 72.7 Å². The molecule has 0 aliphatic heterocycles. The van der Waals surface area contributed by atoms with Crippen LogP contribution in [0.25, 0.3) is 17.1 Å². The lowest BCUT2D eigenvalue weighted by Gasteiger charge is -2.13. The second-order valence-corrected chi connectivity index (χ2v) is 9.21. The number of aromatic nitrogens is 4. The van der Waals surface area contributed by atoms with Crippen LogP contribution in [-0.2, 0) is 5.75 Å². The van der Waals surface area contributed by atoms with E-state index in [0.29, 0.717) is 23.8 Å².